The molecule has 0 aliphatic heterocycles. The normalized spacial score (nSPS) is 12.1. The van der Waals surface area contributed by atoms with Crippen molar-refractivity contribution < 1.29 is 9.72 Å². The van der Waals surface area contributed by atoms with Crippen LogP contribution in [0.25, 0.3) is 10.1 Å². The number of amides is 1. The van der Waals surface area contributed by atoms with Gasteiger partial charge in [0, 0.05) is 28.8 Å². The van der Waals surface area contributed by atoms with Crippen LogP contribution >= 0.6 is 22.9 Å². The Morgan fingerprint density at radius 2 is 1.92 bits per heavy atom. The predicted octanol–water partition coefficient (Wildman–Crippen LogP) is 5.00. The van der Waals surface area contributed by atoms with Crippen molar-refractivity contribution in [1.82, 2.24) is 5.32 Å². The van der Waals surface area contributed by atoms with E-state index in [9.17, 15) is 14.9 Å². The molecule has 0 saturated carbocycles. The van der Waals surface area contributed by atoms with E-state index in [1.54, 1.807) is 12.1 Å². The fourth-order valence-corrected chi connectivity index (χ4v) is 3.96. The fourth-order valence-electron chi connectivity index (χ4n) is 2.53. The van der Waals surface area contributed by atoms with Gasteiger partial charge >= 0.3 is 0 Å². The zero-order valence-electron chi connectivity index (χ0n) is 13.4. The van der Waals surface area contributed by atoms with Crippen molar-refractivity contribution in [2.24, 2.45) is 0 Å². The van der Waals surface area contributed by atoms with Gasteiger partial charge in [0.15, 0.2) is 0 Å². The second kappa shape index (κ2) is 7.21. The summed E-state index contributed by atoms with van der Waals surface area (Å²) in [6.07, 6.45) is 0. The highest BCUT2D eigenvalue weighted by Gasteiger charge is 2.18. The number of non-ortho nitro benzene ring substituents is 1. The Labute approximate surface area is 153 Å². The summed E-state index contributed by atoms with van der Waals surface area (Å²) in [7, 11) is 0. The van der Waals surface area contributed by atoms with Crippen molar-refractivity contribution in [3.8, 4) is 0 Å². The van der Waals surface area contributed by atoms with E-state index in [4.69, 9.17) is 11.6 Å². The minimum atomic E-state index is -0.431. The quantitative estimate of drug-likeness (QED) is 0.504. The van der Waals surface area contributed by atoms with Gasteiger partial charge in [0.25, 0.3) is 11.6 Å². The summed E-state index contributed by atoms with van der Waals surface area (Å²) in [5.41, 5.74) is 0.977. The molecule has 3 rings (SSSR count). The number of fused-ring (bicyclic) bond motifs is 1. The maximum Gasteiger partial charge on any atom is 0.269 e. The molecule has 5 nitrogen and oxygen atoms in total. The highest BCUT2D eigenvalue weighted by Crippen LogP contribution is 2.35. The highest BCUT2D eigenvalue weighted by molar-refractivity contribution is 7.21. The van der Waals surface area contributed by atoms with Gasteiger partial charge in [0.1, 0.15) is 4.88 Å². The molecule has 1 N–H and O–H groups in total. The molecule has 0 radical (unpaired) electrons. The molecule has 25 heavy (non-hydrogen) atoms. The van der Waals surface area contributed by atoms with Crippen LogP contribution in [0.15, 0.2) is 48.5 Å². The lowest BCUT2D eigenvalue weighted by Gasteiger charge is -2.12. The van der Waals surface area contributed by atoms with Gasteiger partial charge in [-0.25, -0.2) is 0 Å². The number of nitro groups is 1. The van der Waals surface area contributed by atoms with E-state index >= 15 is 0 Å². The molecule has 0 fully saturated rings. The van der Waals surface area contributed by atoms with E-state index in [1.807, 2.05) is 31.2 Å². The van der Waals surface area contributed by atoms with Gasteiger partial charge in [-0.15, -0.1) is 11.3 Å². The summed E-state index contributed by atoms with van der Waals surface area (Å²) in [4.78, 5) is 23.2. The Balaban J connectivity index is 1.68. The van der Waals surface area contributed by atoms with E-state index in [0.717, 1.165) is 15.6 Å². The molecule has 0 spiro atoms. The van der Waals surface area contributed by atoms with E-state index in [0.29, 0.717) is 16.4 Å². The Hall–Kier alpha value is -2.44. The number of hydrogen-bond acceptors (Lipinski definition) is 4. The molecule has 1 unspecified atom stereocenters. The Kier molecular flexibility index (Phi) is 5.01. The Morgan fingerprint density at radius 1 is 1.24 bits per heavy atom. The van der Waals surface area contributed by atoms with Gasteiger partial charge in [-0.3, -0.25) is 14.9 Å². The van der Waals surface area contributed by atoms with Gasteiger partial charge in [-0.2, -0.15) is 0 Å². The van der Waals surface area contributed by atoms with Crippen molar-refractivity contribution in [2.45, 2.75) is 12.8 Å². The molecule has 7 heteroatoms. The topological polar surface area (TPSA) is 72.2 Å². The van der Waals surface area contributed by atoms with Crippen LogP contribution in [-0.2, 0) is 0 Å². The van der Waals surface area contributed by atoms with Crippen molar-refractivity contribution in [3.63, 3.8) is 0 Å². The van der Waals surface area contributed by atoms with Crippen LogP contribution in [-0.4, -0.2) is 17.4 Å². The summed E-state index contributed by atoms with van der Waals surface area (Å²) in [6, 6.07) is 14.0. The molecule has 0 saturated heterocycles. The monoisotopic (exact) mass is 374 g/mol. The predicted molar refractivity (Wildman–Crippen MR) is 101 cm³/mol. The van der Waals surface area contributed by atoms with Crippen molar-refractivity contribution in [1.29, 1.82) is 0 Å². The van der Waals surface area contributed by atoms with Gasteiger partial charge in [-0.05, 0) is 17.5 Å². The molecular weight excluding hydrogens is 360 g/mol. The van der Waals surface area contributed by atoms with Crippen LogP contribution in [0.1, 0.15) is 28.1 Å². The number of hydrogen-bond donors (Lipinski definition) is 1. The third kappa shape index (κ3) is 3.65. The number of rotatable bonds is 5. The lowest BCUT2D eigenvalue weighted by Crippen LogP contribution is -2.27. The number of nitrogens with one attached hydrogen (secondary N) is 1. The van der Waals surface area contributed by atoms with Crippen LogP contribution in [0.3, 0.4) is 0 Å². The van der Waals surface area contributed by atoms with Crippen molar-refractivity contribution in [3.05, 3.63) is 74.1 Å². The van der Waals surface area contributed by atoms with Crippen molar-refractivity contribution in [2.75, 3.05) is 6.54 Å². The van der Waals surface area contributed by atoms with Gasteiger partial charge in [-0.1, -0.05) is 48.9 Å². The summed E-state index contributed by atoms with van der Waals surface area (Å²) < 4.78 is 0.973. The maximum absolute atomic E-state index is 12.4. The minimum Gasteiger partial charge on any atom is -0.351 e. The van der Waals surface area contributed by atoms with Crippen LogP contribution in [0.4, 0.5) is 5.69 Å². The number of halogens is 1. The molecule has 0 bridgehead atoms. The highest BCUT2D eigenvalue weighted by atomic mass is 35.5. The third-order valence-electron chi connectivity index (χ3n) is 3.98. The first-order valence-corrected chi connectivity index (χ1v) is 8.86. The summed E-state index contributed by atoms with van der Waals surface area (Å²) >= 11 is 7.68. The van der Waals surface area contributed by atoms with Crippen molar-refractivity contribution >= 4 is 44.6 Å². The number of benzene rings is 2. The maximum atomic E-state index is 12.4. The largest absolute Gasteiger partial charge is 0.351 e. The third-order valence-corrected chi connectivity index (χ3v) is 5.66. The van der Waals surface area contributed by atoms with E-state index in [1.165, 1.54) is 23.5 Å². The molecule has 1 heterocycles. The number of nitrogens with zero attached hydrogens (tertiary/aromatic N) is 1. The standard InChI is InChI=1S/C18H15ClN2O3S/c1-11(12-6-8-13(9-7-12)21(23)24)10-20-18(22)17-16(19)14-4-2-3-5-15(14)25-17/h2-9,11H,10H2,1H3,(H,20,22). The van der Waals surface area contributed by atoms with Crippen LogP contribution in [0.2, 0.25) is 5.02 Å². The first kappa shape index (κ1) is 17.4. The molecule has 0 aliphatic carbocycles. The molecule has 1 atom stereocenters. The molecule has 1 aromatic heterocycles. The SMILES string of the molecule is CC(CNC(=O)c1sc2ccccc2c1Cl)c1ccc([N+](=O)[O-])cc1. The fraction of sp³-hybridized carbons (Fsp3) is 0.167. The smallest absolute Gasteiger partial charge is 0.269 e. The molecule has 1 amide bonds. The Bertz CT molecular complexity index is 937. The molecule has 3 aromatic rings. The zero-order chi connectivity index (χ0) is 18.0. The van der Waals surface area contributed by atoms with Crippen LogP contribution < -0.4 is 5.32 Å². The average molecular weight is 375 g/mol. The first-order valence-electron chi connectivity index (χ1n) is 7.67. The molecular formula is C18H15ClN2O3S. The summed E-state index contributed by atoms with van der Waals surface area (Å²) in [5.74, 6) is -0.183. The first-order chi connectivity index (χ1) is 12.0. The second-order valence-electron chi connectivity index (χ2n) is 5.70. The second-order valence-corrected chi connectivity index (χ2v) is 7.13. The van der Waals surface area contributed by atoms with Crippen LogP contribution in [0, 0.1) is 10.1 Å². The molecule has 2 aromatic carbocycles. The lowest BCUT2D eigenvalue weighted by atomic mass is 10.0. The zero-order valence-corrected chi connectivity index (χ0v) is 14.9. The van der Waals surface area contributed by atoms with Crippen LogP contribution in [0.5, 0.6) is 0 Å². The molecule has 0 aliphatic rings. The Morgan fingerprint density at radius 3 is 2.56 bits per heavy atom. The minimum absolute atomic E-state index is 0.0258. The van der Waals surface area contributed by atoms with Gasteiger partial charge in [0.05, 0.1) is 9.95 Å². The van der Waals surface area contributed by atoms with Gasteiger partial charge < -0.3 is 5.32 Å². The van der Waals surface area contributed by atoms with E-state index in [-0.39, 0.29) is 17.5 Å². The number of thiophene rings is 1. The lowest BCUT2D eigenvalue weighted by molar-refractivity contribution is -0.384. The number of carbonyl (C=O) groups is 1. The number of carbonyl (C=O) groups excluding carboxylic acids is 1. The summed E-state index contributed by atoms with van der Waals surface area (Å²) in [5, 5.41) is 14.9. The average Bonchev–Trinajstić information content (AvgIpc) is 2.96. The summed E-state index contributed by atoms with van der Waals surface area (Å²) in [6.45, 7) is 2.37. The van der Waals surface area contributed by atoms with E-state index in [2.05, 4.69) is 5.32 Å². The molecule has 128 valence electrons. The van der Waals surface area contributed by atoms with E-state index < -0.39 is 4.92 Å². The number of nitro benzene ring substituents is 1. The van der Waals surface area contributed by atoms with Gasteiger partial charge in [0.2, 0.25) is 0 Å².